The van der Waals surface area contributed by atoms with Crippen LogP contribution in [-0.2, 0) is 4.79 Å². The molecule has 0 aliphatic carbocycles. The third kappa shape index (κ3) is 3.59. The van der Waals surface area contributed by atoms with E-state index in [-0.39, 0.29) is 12.2 Å². The highest BCUT2D eigenvalue weighted by Crippen LogP contribution is 2.22. The maximum absolute atomic E-state index is 11.9. The molecule has 0 heterocycles. The fraction of sp³-hybridized carbons (Fsp3) is 0.0667. The maximum atomic E-state index is 11.9. The molecule has 5 heteroatoms. The average molecular weight is 289 g/mol. The van der Waals surface area contributed by atoms with Gasteiger partial charge in [-0.15, -0.1) is 0 Å². The summed E-state index contributed by atoms with van der Waals surface area (Å²) in [5.41, 5.74) is 7.04. The summed E-state index contributed by atoms with van der Waals surface area (Å²) < 4.78 is 0. The highest BCUT2D eigenvalue weighted by Gasteiger charge is 2.12. The molecule has 0 aromatic heterocycles. The van der Waals surface area contributed by atoms with E-state index in [4.69, 9.17) is 17.3 Å². The number of nitrogen functional groups attached to an aromatic ring is 1. The molecule has 1 amide bonds. The smallest absolute Gasteiger partial charge is 0.232 e. The fourth-order valence-electron chi connectivity index (χ4n) is 1.71. The van der Waals surface area contributed by atoms with E-state index in [0.29, 0.717) is 22.0 Å². The molecular weight excluding hydrogens is 276 g/mol. The van der Waals surface area contributed by atoms with Crippen LogP contribution in [0.2, 0.25) is 5.02 Å². The number of hydrogen-bond acceptors (Lipinski definition) is 3. The number of ketones is 1. The summed E-state index contributed by atoms with van der Waals surface area (Å²) in [6.07, 6.45) is -0.230. The lowest BCUT2D eigenvalue weighted by Crippen LogP contribution is -2.17. The van der Waals surface area contributed by atoms with Crippen LogP contribution >= 0.6 is 11.6 Å². The third-order valence-corrected chi connectivity index (χ3v) is 2.94. The number of nitrogens with two attached hydrogens (primary N) is 1. The van der Waals surface area contributed by atoms with Crippen LogP contribution in [0.15, 0.2) is 48.5 Å². The third-order valence-electron chi connectivity index (χ3n) is 2.70. The number of halogens is 1. The summed E-state index contributed by atoms with van der Waals surface area (Å²) in [6, 6.07) is 13.4. The monoisotopic (exact) mass is 288 g/mol. The lowest BCUT2D eigenvalue weighted by molar-refractivity contribution is -0.115. The summed E-state index contributed by atoms with van der Waals surface area (Å²) in [5.74, 6) is -0.650. The van der Waals surface area contributed by atoms with E-state index in [1.54, 1.807) is 36.4 Å². The van der Waals surface area contributed by atoms with E-state index < -0.39 is 5.91 Å². The Morgan fingerprint density at radius 3 is 2.45 bits per heavy atom. The van der Waals surface area contributed by atoms with Gasteiger partial charge in [-0.25, -0.2) is 0 Å². The maximum Gasteiger partial charge on any atom is 0.232 e. The van der Waals surface area contributed by atoms with Crippen molar-refractivity contribution in [3.63, 3.8) is 0 Å². The molecule has 0 spiro atoms. The first-order chi connectivity index (χ1) is 9.56. The Morgan fingerprint density at radius 2 is 1.80 bits per heavy atom. The molecule has 4 nitrogen and oxygen atoms in total. The van der Waals surface area contributed by atoms with Gasteiger partial charge in [-0.2, -0.15) is 0 Å². The molecule has 2 rings (SSSR count). The minimum atomic E-state index is -0.409. The number of Topliss-reactive ketones (excluding diaryl/α,β-unsaturated/α-hetero) is 1. The zero-order chi connectivity index (χ0) is 14.5. The van der Waals surface area contributed by atoms with Crippen LogP contribution in [0.3, 0.4) is 0 Å². The average Bonchev–Trinajstić information content (AvgIpc) is 2.43. The highest BCUT2D eigenvalue weighted by molar-refractivity contribution is 6.31. The molecule has 2 aromatic carbocycles. The van der Waals surface area contributed by atoms with Crippen molar-refractivity contribution < 1.29 is 9.59 Å². The standard InChI is InChI=1S/C15H13ClN2O2/c16-11-6-7-13(12(17)8-11)18-15(20)9-14(19)10-4-2-1-3-5-10/h1-8H,9,17H2,(H,18,20). The second-order valence-electron chi connectivity index (χ2n) is 4.25. The number of rotatable bonds is 4. The summed E-state index contributed by atoms with van der Waals surface area (Å²) in [5, 5.41) is 3.08. The molecule has 0 aliphatic rings. The molecule has 0 aliphatic heterocycles. The van der Waals surface area contributed by atoms with Gasteiger partial charge in [0, 0.05) is 10.6 Å². The van der Waals surface area contributed by atoms with E-state index in [1.807, 2.05) is 6.07 Å². The van der Waals surface area contributed by atoms with Crippen molar-refractivity contribution in [2.75, 3.05) is 11.1 Å². The topological polar surface area (TPSA) is 72.2 Å². The molecule has 102 valence electrons. The van der Waals surface area contributed by atoms with Crippen LogP contribution in [0.25, 0.3) is 0 Å². The number of nitrogens with one attached hydrogen (secondary N) is 1. The molecule has 0 atom stereocenters. The molecule has 0 saturated heterocycles. The van der Waals surface area contributed by atoms with Gasteiger partial charge in [-0.3, -0.25) is 9.59 Å². The van der Waals surface area contributed by atoms with Gasteiger partial charge in [0.2, 0.25) is 5.91 Å². The quantitative estimate of drug-likeness (QED) is 0.516. The van der Waals surface area contributed by atoms with Gasteiger partial charge in [-0.05, 0) is 18.2 Å². The Labute approximate surface area is 121 Å². The lowest BCUT2D eigenvalue weighted by Gasteiger charge is -2.08. The second-order valence-corrected chi connectivity index (χ2v) is 4.68. The first kappa shape index (κ1) is 14.1. The van der Waals surface area contributed by atoms with E-state index in [2.05, 4.69) is 5.32 Å². The minimum absolute atomic E-state index is 0.230. The number of anilines is 2. The Bertz CT molecular complexity index is 642. The number of benzene rings is 2. The SMILES string of the molecule is Nc1cc(Cl)ccc1NC(=O)CC(=O)c1ccccc1. The predicted molar refractivity (Wildman–Crippen MR) is 79.9 cm³/mol. The first-order valence-electron chi connectivity index (χ1n) is 5.99. The number of carbonyl (C=O) groups is 2. The van der Waals surface area contributed by atoms with Crippen LogP contribution in [0, 0.1) is 0 Å². The zero-order valence-electron chi connectivity index (χ0n) is 10.6. The molecule has 0 unspecified atom stereocenters. The molecular formula is C15H13ClN2O2. The van der Waals surface area contributed by atoms with Crippen molar-refractivity contribution in [1.82, 2.24) is 0 Å². The van der Waals surface area contributed by atoms with Gasteiger partial charge < -0.3 is 11.1 Å². The van der Waals surface area contributed by atoms with Crippen molar-refractivity contribution in [2.24, 2.45) is 0 Å². The van der Waals surface area contributed by atoms with Gasteiger partial charge in [0.15, 0.2) is 5.78 Å². The summed E-state index contributed by atoms with van der Waals surface area (Å²) >= 11 is 5.77. The van der Waals surface area contributed by atoms with Crippen molar-refractivity contribution in [2.45, 2.75) is 6.42 Å². The number of amides is 1. The lowest BCUT2D eigenvalue weighted by atomic mass is 10.1. The van der Waals surface area contributed by atoms with Crippen LogP contribution in [-0.4, -0.2) is 11.7 Å². The van der Waals surface area contributed by atoms with Crippen LogP contribution in [0.5, 0.6) is 0 Å². The minimum Gasteiger partial charge on any atom is -0.397 e. The van der Waals surface area contributed by atoms with E-state index in [9.17, 15) is 9.59 Å². The molecule has 3 N–H and O–H groups in total. The van der Waals surface area contributed by atoms with Crippen LogP contribution < -0.4 is 11.1 Å². The Hall–Kier alpha value is -2.33. The van der Waals surface area contributed by atoms with Gasteiger partial charge in [0.25, 0.3) is 0 Å². The normalized spacial score (nSPS) is 10.1. The number of carbonyl (C=O) groups excluding carboxylic acids is 2. The van der Waals surface area contributed by atoms with Crippen molar-refractivity contribution >= 4 is 34.7 Å². The van der Waals surface area contributed by atoms with Gasteiger partial charge in [0.05, 0.1) is 17.8 Å². The Kier molecular flexibility index (Phi) is 4.38. The van der Waals surface area contributed by atoms with E-state index in [0.717, 1.165) is 0 Å². The Balaban J connectivity index is 2.01. The molecule has 0 bridgehead atoms. The summed E-state index contributed by atoms with van der Waals surface area (Å²) in [7, 11) is 0. The zero-order valence-corrected chi connectivity index (χ0v) is 11.4. The van der Waals surface area contributed by atoms with Gasteiger partial charge in [0.1, 0.15) is 0 Å². The fourth-order valence-corrected chi connectivity index (χ4v) is 1.89. The van der Waals surface area contributed by atoms with Crippen molar-refractivity contribution in [1.29, 1.82) is 0 Å². The van der Waals surface area contributed by atoms with E-state index >= 15 is 0 Å². The first-order valence-corrected chi connectivity index (χ1v) is 6.37. The van der Waals surface area contributed by atoms with Gasteiger partial charge >= 0.3 is 0 Å². The second kappa shape index (κ2) is 6.21. The Morgan fingerprint density at radius 1 is 1.10 bits per heavy atom. The summed E-state index contributed by atoms with van der Waals surface area (Å²) in [6.45, 7) is 0. The van der Waals surface area contributed by atoms with E-state index in [1.165, 1.54) is 6.07 Å². The highest BCUT2D eigenvalue weighted by atomic mass is 35.5. The molecule has 0 fully saturated rings. The molecule has 0 saturated carbocycles. The summed E-state index contributed by atoms with van der Waals surface area (Å²) in [4.78, 5) is 23.7. The van der Waals surface area contributed by atoms with Crippen LogP contribution in [0.4, 0.5) is 11.4 Å². The van der Waals surface area contributed by atoms with Crippen molar-refractivity contribution in [3.05, 3.63) is 59.1 Å². The van der Waals surface area contributed by atoms with Gasteiger partial charge in [-0.1, -0.05) is 41.9 Å². The molecule has 20 heavy (non-hydrogen) atoms. The predicted octanol–water partition coefficient (Wildman–Crippen LogP) is 3.13. The van der Waals surface area contributed by atoms with Crippen molar-refractivity contribution in [3.8, 4) is 0 Å². The largest absolute Gasteiger partial charge is 0.397 e. The molecule has 2 aromatic rings. The molecule has 0 radical (unpaired) electrons. The van der Waals surface area contributed by atoms with Crippen LogP contribution in [0.1, 0.15) is 16.8 Å². The number of hydrogen-bond donors (Lipinski definition) is 2.